The van der Waals surface area contributed by atoms with Crippen LogP contribution in [0.3, 0.4) is 0 Å². The number of nitrogens with zero attached hydrogens (tertiary/aromatic N) is 4. The summed E-state index contributed by atoms with van der Waals surface area (Å²) in [5, 5.41) is 3.86. The number of rotatable bonds is 5. The Morgan fingerprint density at radius 2 is 2.08 bits per heavy atom. The van der Waals surface area contributed by atoms with Crippen LogP contribution in [0.25, 0.3) is 0 Å². The number of hydrogen-bond donors (Lipinski definition) is 1. The summed E-state index contributed by atoms with van der Waals surface area (Å²) < 4.78 is 5.28. The van der Waals surface area contributed by atoms with E-state index in [1.165, 1.54) is 0 Å². The first kappa shape index (κ1) is 16.6. The molecule has 2 N–H and O–H groups in total. The molecule has 2 heterocycles. The van der Waals surface area contributed by atoms with Gasteiger partial charge in [0.25, 0.3) is 0 Å². The van der Waals surface area contributed by atoms with Gasteiger partial charge in [-0.25, -0.2) is 0 Å². The maximum atomic E-state index is 11.3. The first-order valence-corrected chi connectivity index (χ1v) is 8.18. The molecule has 1 aliphatic rings. The average Bonchev–Trinajstić information content (AvgIpc) is 3.01. The molecule has 2 aromatic rings. The molecule has 1 amide bonds. The second-order valence-electron chi connectivity index (χ2n) is 6.23. The summed E-state index contributed by atoms with van der Waals surface area (Å²) in [6.07, 6.45) is 0. The van der Waals surface area contributed by atoms with E-state index in [0.717, 1.165) is 38.3 Å². The van der Waals surface area contributed by atoms with Gasteiger partial charge in [-0.3, -0.25) is 14.6 Å². The van der Waals surface area contributed by atoms with Crippen molar-refractivity contribution in [3.8, 4) is 0 Å². The van der Waals surface area contributed by atoms with E-state index in [1.807, 2.05) is 25.1 Å². The predicted octanol–water partition coefficient (Wildman–Crippen LogP) is 1.36. The number of piperazine rings is 1. The summed E-state index contributed by atoms with van der Waals surface area (Å²) in [5.74, 6) is 0.963. The number of nitrogens with two attached hydrogens (primary N) is 1. The topological polar surface area (TPSA) is 88.5 Å². The molecule has 128 valence electrons. The summed E-state index contributed by atoms with van der Waals surface area (Å²) >= 11 is 0. The summed E-state index contributed by atoms with van der Waals surface area (Å²) in [5.41, 5.74) is 7.02. The monoisotopic (exact) mass is 329 g/mol. The number of hydrogen-bond acceptors (Lipinski definition) is 6. The fourth-order valence-corrected chi connectivity index (χ4v) is 3.03. The van der Waals surface area contributed by atoms with Crippen LogP contribution >= 0.6 is 0 Å². The van der Waals surface area contributed by atoms with Crippen LogP contribution in [0.2, 0.25) is 0 Å². The Balaban J connectivity index is 1.55. The van der Waals surface area contributed by atoms with Gasteiger partial charge >= 0.3 is 0 Å². The zero-order valence-electron chi connectivity index (χ0n) is 14.1. The van der Waals surface area contributed by atoms with Crippen LogP contribution in [0.1, 0.15) is 40.6 Å². The van der Waals surface area contributed by atoms with Crippen molar-refractivity contribution >= 4 is 5.91 Å². The van der Waals surface area contributed by atoms with Gasteiger partial charge in [0.05, 0.1) is 6.04 Å². The molecule has 1 atom stereocenters. The molecule has 1 aromatic heterocycles. The van der Waals surface area contributed by atoms with E-state index >= 15 is 0 Å². The van der Waals surface area contributed by atoms with Gasteiger partial charge in [0, 0.05) is 38.3 Å². The highest BCUT2D eigenvalue weighted by Gasteiger charge is 2.25. The molecule has 7 nitrogen and oxygen atoms in total. The van der Waals surface area contributed by atoms with Crippen LogP contribution < -0.4 is 5.73 Å². The highest BCUT2D eigenvalue weighted by molar-refractivity contribution is 5.92. The summed E-state index contributed by atoms with van der Waals surface area (Å²) in [7, 11) is 0. The molecule has 0 spiro atoms. The average molecular weight is 329 g/mol. The minimum Gasteiger partial charge on any atom is -0.366 e. The number of carbonyl (C=O) groups excluding carboxylic acids is 1. The molecule has 0 saturated carbocycles. The van der Waals surface area contributed by atoms with Crippen molar-refractivity contribution in [2.75, 3.05) is 26.2 Å². The molecule has 1 aliphatic heterocycles. The molecular weight excluding hydrogens is 306 g/mol. The van der Waals surface area contributed by atoms with Crippen molar-refractivity contribution in [3.05, 3.63) is 47.1 Å². The number of amides is 1. The minimum absolute atomic E-state index is 0.131. The lowest BCUT2D eigenvalue weighted by Gasteiger charge is -2.36. The van der Waals surface area contributed by atoms with Crippen molar-refractivity contribution in [3.63, 3.8) is 0 Å². The van der Waals surface area contributed by atoms with Crippen LogP contribution in [0.5, 0.6) is 0 Å². The van der Waals surface area contributed by atoms with Gasteiger partial charge in [0.15, 0.2) is 5.82 Å². The summed E-state index contributed by atoms with van der Waals surface area (Å²) in [6, 6.07) is 7.66. The number of benzene rings is 1. The fourth-order valence-electron chi connectivity index (χ4n) is 3.03. The third kappa shape index (κ3) is 3.80. The smallest absolute Gasteiger partial charge is 0.248 e. The highest BCUT2D eigenvalue weighted by Crippen LogP contribution is 2.20. The SMILES string of the molecule is Cc1noc([C@H](C)N2CCN(Cc3cccc(C(N)=O)c3)CC2)n1. The third-order valence-electron chi connectivity index (χ3n) is 4.47. The van der Waals surface area contributed by atoms with Gasteiger partial charge in [0.1, 0.15) is 0 Å². The van der Waals surface area contributed by atoms with E-state index in [9.17, 15) is 4.79 Å². The van der Waals surface area contributed by atoms with E-state index in [0.29, 0.717) is 17.3 Å². The van der Waals surface area contributed by atoms with Gasteiger partial charge in [-0.1, -0.05) is 17.3 Å². The Kier molecular flexibility index (Phi) is 4.92. The van der Waals surface area contributed by atoms with Gasteiger partial charge in [-0.15, -0.1) is 0 Å². The fraction of sp³-hybridized carbons (Fsp3) is 0.471. The van der Waals surface area contributed by atoms with Crippen molar-refractivity contribution in [2.24, 2.45) is 5.73 Å². The lowest BCUT2D eigenvalue weighted by molar-refractivity contribution is 0.0845. The maximum Gasteiger partial charge on any atom is 0.248 e. The van der Waals surface area contributed by atoms with Gasteiger partial charge in [0.2, 0.25) is 11.8 Å². The molecule has 0 bridgehead atoms. The Morgan fingerprint density at radius 3 is 2.71 bits per heavy atom. The number of aromatic nitrogens is 2. The van der Waals surface area contributed by atoms with E-state index < -0.39 is 0 Å². The highest BCUT2D eigenvalue weighted by atomic mass is 16.5. The maximum absolute atomic E-state index is 11.3. The largest absolute Gasteiger partial charge is 0.366 e. The molecule has 7 heteroatoms. The van der Waals surface area contributed by atoms with Crippen LogP contribution in [-0.2, 0) is 6.54 Å². The standard InChI is InChI=1S/C17H23N5O2/c1-12(17-19-13(2)20-24-17)22-8-6-21(7-9-22)11-14-4-3-5-15(10-14)16(18)23/h3-5,10,12H,6-9,11H2,1-2H3,(H2,18,23)/t12-/m0/s1. The van der Waals surface area contributed by atoms with E-state index in [4.69, 9.17) is 10.3 Å². The van der Waals surface area contributed by atoms with Crippen molar-refractivity contribution in [1.82, 2.24) is 19.9 Å². The van der Waals surface area contributed by atoms with Crippen molar-refractivity contribution < 1.29 is 9.32 Å². The summed E-state index contributed by atoms with van der Waals surface area (Å²) in [6.45, 7) is 8.55. The molecule has 0 aliphatic carbocycles. The van der Waals surface area contributed by atoms with Crippen LogP contribution in [-0.4, -0.2) is 52.0 Å². The third-order valence-corrected chi connectivity index (χ3v) is 4.47. The van der Waals surface area contributed by atoms with Crippen LogP contribution in [0.15, 0.2) is 28.8 Å². The second-order valence-corrected chi connectivity index (χ2v) is 6.23. The molecule has 24 heavy (non-hydrogen) atoms. The number of aryl methyl sites for hydroxylation is 1. The van der Waals surface area contributed by atoms with Crippen LogP contribution in [0.4, 0.5) is 0 Å². The predicted molar refractivity (Wildman–Crippen MR) is 89.3 cm³/mol. The summed E-state index contributed by atoms with van der Waals surface area (Å²) in [4.78, 5) is 20.3. The molecule has 1 saturated heterocycles. The van der Waals surface area contributed by atoms with Gasteiger partial charge in [-0.05, 0) is 31.5 Å². The first-order chi connectivity index (χ1) is 11.5. The quantitative estimate of drug-likeness (QED) is 0.891. The number of primary amides is 1. The van der Waals surface area contributed by atoms with E-state index in [-0.39, 0.29) is 11.9 Å². The van der Waals surface area contributed by atoms with Crippen LogP contribution in [0, 0.1) is 6.92 Å². The molecule has 1 fully saturated rings. The molecule has 3 rings (SSSR count). The Labute approximate surface area is 141 Å². The molecular formula is C17H23N5O2. The zero-order valence-corrected chi connectivity index (χ0v) is 14.1. The second kappa shape index (κ2) is 7.11. The van der Waals surface area contributed by atoms with Crippen molar-refractivity contribution in [1.29, 1.82) is 0 Å². The molecule has 0 radical (unpaired) electrons. The number of carbonyl (C=O) groups is 1. The Hall–Kier alpha value is -2.25. The van der Waals surface area contributed by atoms with Gasteiger partial charge in [-0.2, -0.15) is 4.98 Å². The van der Waals surface area contributed by atoms with Gasteiger partial charge < -0.3 is 10.3 Å². The lowest BCUT2D eigenvalue weighted by atomic mass is 10.1. The van der Waals surface area contributed by atoms with E-state index in [1.54, 1.807) is 6.07 Å². The van der Waals surface area contributed by atoms with Crippen molar-refractivity contribution in [2.45, 2.75) is 26.4 Å². The minimum atomic E-state index is -0.384. The van der Waals surface area contributed by atoms with E-state index in [2.05, 4.69) is 26.9 Å². The normalized spacial score (nSPS) is 17.8. The zero-order chi connectivity index (χ0) is 17.1. The molecule has 1 aromatic carbocycles. The lowest BCUT2D eigenvalue weighted by Crippen LogP contribution is -2.46. The Morgan fingerprint density at radius 1 is 1.33 bits per heavy atom. The first-order valence-electron chi connectivity index (χ1n) is 8.18. The molecule has 0 unspecified atom stereocenters. The Bertz CT molecular complexity index is 707.